The summed E-state index contributed by atoms with van der Waals surface area (Å²) >= 11 is 0. The number of amides is 1. The lowest BCUT2D eigenvalue weighted by molar-refractivity contribution is -0.142. The number of hydrogen-bond donors (Lipinski definition) is 2. The summed E-state index contributed by atoms with van der Waals surface area (Å²) in [5.41, 5.74) is 1.12. The van der Waals surface area contributed by atoms with E-state index in [1.165, 1.54) is 36.4 Å². The molecule has 1 aliphatic carbocycles. The first-order valence-corrected chi connectivity index (χ1v) is 15.8. The second-order valence-electron chi connectivity index (χ2n) is 11.8. The Morgan fingerprint density at radius 3 is 2.38 bits per heavy atom. The Bertz CT molecular complexity index is 1200. The highest BCUT2D eigenvalue weighted by molar-refractivity contribution is 7.89. The number of rotatable bonds is 12. The van der Waals surface area contributed by atoms with Gasteiger partial charge in [-0.3, -0.25) is 4.79 Å². The Balaban J connectivity index is 1.54. The van der Waals surface area contributed by atoms with Crippen molar-refractivity contribution in [3.05, 3.63) is 60.2 Å². The zero-order valence-electron chi connectivity index (χ0n) is 23.9. The van der Waals surface area contributed by atoms with Gasteiger partial charge < -0.3 is 19.9 Å². The lowest BCUT2D eigenvalue weighted by Gasteiger charge is -2.38. The van der Waals surface area contributed by atoms with Crippen molar-refractivity contribution in [1.29, 1.82) is 0 Å². The molecule has 1 aliphatic heterocycles. The summed E-state index contributed by atoms with van der Waals surface area (Å²) < 4.78 is 39.7. The Morgan fingerprint density at radius 1 is 1.07 bits per heavy atom. The first-order chi connectivity index (χ1) is 19.1. The SMILES string of the molecule is COc1ccc(S(=O)(=O)N(CC(C)C)C[C@@H](O)[C@H](Cc2ccccc2)NC(=O)[C@@H]2CC3(CCCC3)CCO2)cc1. The van der Waals surface area contributed by atoms with Crippen LogP contribution in [0.3, 0.4) is 0 Å². The van der Waals surface area contributed by atoms with Gasteiger partial charge >= 0.3 is 0 Å². The van der Waals surface area contributed by atoms with Gasteiger partial charge in [0.1, 0.15) is 11.9 Å². The summed E-state index contributed by atoms with van der Waals surface area (Å²) in [5.74, 6) is 0.351. The van der Waals surface area contributed by atoms with Crippen molar-refractivity contribution < 1.29 is 27.8 Å². The van der Waals surface area contributed by atoms with Crippen LogP contribution in [0.2, 0.25) is 0 Å². The lowest BCUT2D eigenvalue weighted by Crippen LogP contribution is -2.54. The molecule has 2 aliphatic rings. The predicted octanol–water partition coefficient (Wildman–Crippen LogP) is 4.17. The van der Waals surface area contributed by atoms with Crippen molar-refractivity contribution in [3.8, 4) is 5.75 Å². The van der Waals surface area contributed by atoms with E-state index in [-0.39, 0.29) is 35.2 Å². The summed E-state index contributed by atoms with van der Waals surface area (Å²) in [6.07, 6.45) is 4.98. The maximum absolute atomic E-state index is 13.7. The summed E-state index contributed by atoms with van der Waals surface area (Å²) in [7, 11) is -2.38. The molecule has 40 heavy (non-hydrogen) atoms. The van der Waals surface area contributed by atoms with Crippen molar-refractivity contribution in [1.82, 2.24) is 9.62 Å². The highest BCUT2D eigenvalue weighted by Crippen LogP contribution is 2.47. The molecular formula is C31H44N2O6S. The first kappa shape index (κ1) is 30.5. The summed E-state index contributed by atoms with van der Waals surface area (Å²) in [5, 5.41) is 14.6. The van der Waals surface area contributed by atoms with Gasteiger partial charge in [0.05, 0.1) is 24.2 Å². The van der Waals surface area contributed by atoms with Crippen molar-refractivity contribution >= 4 is 15.9 Å². The van der Waals surface area contributed by atoms with Gasteiger partial charge in [0, 0.05) is 19.7 Å². The number of hydrogen-bond acceptors (Lipinski definition) is 6. The van der Waals surface area contributed by atoms with E-state index >= 15 is 0 Å². The second kappa shape index (κ2) is 13.5. The molecule has 8 nitrogen and oxygen atoms in total. The molecule has 1 amide bonds. The fourth-order valence-corrected chi connectivity index (χ4v) is 7.68. The zero-order chi connectivity index (χ0) is 28.8. The van der Waals surface area contributed by atoms with Gasteiger partial charge in [0.25, 0.3) is 0 Å². The van der Waals surface area contributed by atoms with E-state index in [4.69, 9.17) is 9.47 Å². The molecule has 1 spiro atoms. The number of ether oxygens (including phenoxy) is 2. The number of nitrogens with one attached hydrogen (secondary N) is 1. The molecule has 2 aromatic rings. The molecule has 2 fully saturated rings. The van der Waals surface area contributed by atoms with Crippen molar-refractivity contribution in [2.45, 2.75) is 81.9 Å². The number of carbonyl (C=O) groups is 1. The third-order valence-corrected chi connectivity index (χ3v) is 10.1. The van der Waals surface area contributed by atoms with Gasteiger partial charge in [-0.15, -0.1) is 0 Å². The Morgan fingerprint density at radius 2 is 1.75 bits per heavy atom. The number of benzene rings is 2. The van der Waals surface area contributed by atoms with Crippen LogP contribution < -0.4 is 10.1 Å². The number of carbonyl (C=O) groups excluding carboxylic acids is 1. The number of nitrogens with zero attached hydrogens (tertiary/aromatic N) is 1. The highest BCUT2D eigenvalue weighted by Gasteiger charge is 2.42. The maximum atomic E-state index is 13.7. The molecule has 0 aromatic heterocycles. The van der Waals surface area contributed by atoms with Gasteiger partial charge in [0.15, 0.2) is 0 Å². The van der Waals surface area contributed by atoms with Gasteiger partial charge in [0.2, 0.25) is 15.9 Å². The average molecular weight is 573 g/mol. The van der Waals surface area contributed by atoms with Crippen LogP contribution in [0.4, 0.5) is 0 Å². The Labute approximate surface area is 239 Å². The second-order valence-corrected chi connectivity index (χ2v) is 13.7. The van der Waals surface area contributed by atoms with E-state index in [0.717, 1.165) is 24.8 Å². The molecule has 2 aromatic carbocycles. The van der Waals surface area contributed by atoms with Gasteiger partial charge in [-0.1, -0.05) is 57.0 Å². The molecule has 220 valence electrons. The Hall–Kier alpha value is -2.46. The van der Waals surface area contributed by atoms with Crippen LogP contribution in [0.1, 0.15) is 57.9 Å². The van der Waals surface area contributed by atoms with Gasteiger partial charge in [-0.2, -0.15) is 4.31 Å². The minimum absolute atomic E-state index is 0.0284. The third-order valence-electron chi connectivity index (χ3n) is 8.27. The van der Waals surface area contributed by atoms with Crippen LogP contribution in [-0.4, -0.2) is 68.8 Å². The van der Waals surface area contributed by atoms with Crippen LogP contribution in [0.15, 0.2) is 59.5 Å². The normalized spacial score (nSPS) is 20.5. The summed E-state index contributed by atoms with van der Waals surface area (Å²) in [4.78, 5) is 13.6. The molecule has 2 N–H and O–H groups in total. The lowest BCUT2D eigenvalue weighted by atomic mass is 9.76. The molecule has 9 heteroatoms. The zero-order valence-corrected chi connectivity index (χ0v) is 24.7. The van der Waals surface area contributed by atoms with Crippen LogP contribution in [0.25, 0.3) is 0 Å². The number of methoxy groups -OCH3 is 1. The van der Waals surface area contributed by atoms with Crippen LogP contribution in [0.5, 0.6) is 5.75 Å². The number of sulfonamides is 1. The number of aliphatic hydroxyl groups excluding tert-OH is 1. The van der Waals surface area contributed by atoms with E-state index in [2.05, 4.69) is 5.32 Å². The van der Waals surface area contributed by atoms with E-state index in [1.807, 2.05) is 44.2 Å². The predicted molar refractivity (Wildman–Crippen MR) is 155 cm³/mol. The molecule has 0 radical (unpaired) electrons. The summed E-state index contributed by atoms with van der Waals surface area (Å²) in [6, 6.07) is 15.2. The van der Waals surface area contributed by atoms with E-state index in [9.17, 15) is 18.3 Å². The third kappa shape index (κ3) is 7.63. The highest BCUT2D eigenvalue weighted by atomic mass is 32.2. The smallest absolute Gasteiger partial charge is 0.249 e. The average Bonchev–Trinajstić information content (AvgIpc) is 3.39. The van der Waals surface area contributed by atoms with E-state index in [0.29, 0.717) is 25.2 Å². The van der Waals surface area contributed by atoms with Crippen LogP contribution in [-0.2, 0) is 26.0 Å². The number of aliphatic hydroxyl groups is 1. The fraction of sp³-hybridized carbons (Fsp3) is 0.581. The van der Waals surface area contributed by atoms with Crippen molar-refractivity contribution in [2.75, 3.05) is 26.8 Å². The molecule has 0 bridgehead atoms. The molecule has 1 heterocycles. The minimum Gasteiger partial charge on any atom is -0.497 e. The van der Waals surface area contributed by atoms with Crippen molar-refractivity contribution in [2.24, 2.45) is 11.3 Å². The van der Waals surface area contributed by atoms with Gasteiger partial charge in [-0.05, 0) is 73.3 Å². The van der Waals surface area contributed by atoms with Crippen LogP contribution >= 0.6 is 0 Å². The van der Waals surface area contributed by atoms with E-state index in [1.54, 1.807) is 12.1 Å². The van der Waals surface area contributed by atoms with Gasteiger partial charge in [-0.25, -0.2) is 8.42 Å². The quantitative estimate of drug-likeness (QED) is 0.396. The van der Waals surface area contributed by atoms with Crippen molar-refractivity contribution in [3.63, 3.8) is 0 Å². The standard InChI is InChI=1S/C31H44N2O6S/c1-23(2)21-33(40(36,37)26-13-11-25(38-3)12-14-26)22-28(34)27(19-24-9-5-4-6-10-24)32-30(35)29-20-31(17-18-39-29)15-7-8-16-31/h4-6,9-14,23,27-29,34H,7-8,15-22H2,1-3H3,(H,32,35)/t27-,28+,29-/m0/s1. The minimum atomic E-state index is -3.91. The monoisotopic (exact) mass is 572 g/mol. The molecular weight excluding hydrogens is 528 g/mol. The molecule has 1 saturated heterocycles. The molecule has 4 rings (SSSR count). The van der Waals surface area contributed by atoms with Crippen LogP contribution in [0, 0.1) is 11.3 Å². The molecule has 3 atom stereocenters. The largest absolute Gasteiger partial charge is 0.497 e. The van der Waals surface area contributed by atoms with E-state index < -0.39 is 28.3 Å². The molecule has 1 saturated carbocycles. The maximum Gasteiger partial charge on any atom is 0.249 e. The molecule has 0 unspecified atom stereocenters. The fourth-order valence-electron chi connectivity index (χ4n) is 6.06. The summed E-state index contributed by atoms with van der Waals surface area (Å²) in [6.45, 7) is 4.51. The Kier molecular flexibility index (Phi) is 10.3. The first-order valence-electron chi connectivity index (χ1n) is 14.4. The topological polar surface area (TPSA) is 105 Å².